The Morgan fingerprint density at radius 1 is 1.37 bits per heavy atom. The fraction of sp³-hybridized carbons (Fsp3) is 0.357. The Hall–Kier alpha value is -2.17. The molecular weight excluding hydrogens is 242 g/mol. The first-order valence-electron chi connectivity index (χ1n) is 6.19. The second-order valence-electron chi connectivity index (χ2n) is 4.35. The van der Waals surface area contributed by atoms with Crippen molar-refractivity contribution >= 4 is 5.97 Å². The Bertz CT molecular complexity index is 617. The number of benzene rings is 1. The number of nitrogens with zero attached hydrogens (tertiary/aromatic N) is 3. The summed E-state index contributed by atoms with van der Waals surface area (Å²) in [5, 5.41) is 4.11. The fourth-order valence-corrected chi connectivity index (χ4v) is 1.89. The number of rotatable bonds is 3. The van der Waals surface area contributed by atoms with Crippen LogP contribution in [0.5, 0.6) is 0 Å². The van der Waals surface area contributed by atoms with Crippen molar-refractivity contribution in [2.75, 3.05) is 6.61 Å². The number of carbonyl (C=O) groups is 1. The first kappa shape index (κ1) is 13.3. The van der Waals surface area contributed by atoms with Crippen molar-refractivity contribution in [3.8, 4) is 11.4 Å². The van der Waals surface area contributed by atoms with Crippen molar-refractivity contribution in [3.05, 3.63) is 35.2 Å². The van der Waals surface area contributed by atoms with E-state index in [1.54, 1.807) is 18.7 Å². The van der Waals surface area contributed by atoms with Gasteiger partial charge < -0.3 is 4.74 Å². The van der Waals surface area contributed by atoms with Gasteiger partial charge in [0.05, 0.1) is 6.61 Å². The highest BCUT2D eigenvalue weighted by molar-refractivity contribution is 5.85. The Kier molecular flexibility index (Phi) is 3.64. The molecule has 1 heterocycles. The number of hydrogen-bond donors (Lipinski definition) is 0. The maximum atomic E-state index is 11.6. The standard InChI is InChI=1S/C14H17N3O2/c1-5-19-14(18)12-15-13(17(4)16-12)11-8-6-7-9(2)10(11)3/h6-8H,5H2,1-4H3. The van der Waals surface area contributed by atoms with E-state index < -0.39 is 5.97 Å². The predicted molar refractivity (Wildman–Crippen MR) is 71.9 cm³/mol. The molecule has 0 aliphatic heterocycles. The van der Waals surface area contributed by atoms with Gasteiger partial charge in [0, 0.05) is 12.6 Å². The molecule has 19 heavy (non-hydrogen) atoms. The zero-order chi connectivity index (χ0) is 14.0. The summed E-state index contributed by atoms with van der Waals surface area (Å²) in [6.07, 6.45) is 0. The van der Waals surface area contributed by atoms with Gasteiger partial charge >= 0.3 is 5.97 Å². The summed E-state index contributed by atoms with van der Waals surface area (Å²) in [7, 11) is 1.77. The molecule has 100 valence electrons. The van der Waals surface area contributed by atoms with Crippen molar-refractivity contribution in [2.24, 2.45) is 7.05 Å². The third-order valence-electron chi connectivity index (χ3n) is 3.07. The van der Waals surface area contributed by atoms with E-state index in [1.807, 2.05) is 32.0 Å². The van der Waals surface area contributed by atoms with Gasteiger partial charge in [0.1, 0.15) is 0 Å². The largest absolute Gasteiger partial charge is 0.460 e. The third-order valence-corrected chi connectivity index (χ3v) is 3.07. The van der Waals surface area contributed by atoms with Crippen LogP contribution in [0.3, 0.4) is 0 Å². The Balaban J connectivity index is 2.46. The smallest absolute Gasteiger partial charge is 0.378 e. The summed E-state index contributed by atoms with van der Waals surface area (Å²) in [6.45, 7) is 6.15. The highest BCUT2D eigenvalue weighted by Crippen LogP contribution is 2.23. The molecule has 5 heteroatoms. The topological polar surface area (TPSA) is 57.0 Å². The molecule has 1 aromatic carbocycles. The van der Waals surface area contributed by atoms with E-state index in [0.717, 1.165) is 11.1 Å². The summed E-state index contributed by atoms with van der Waals surface area (Å²) >= 11 is 0. The SMILES string of the molecule is CCOC(=O)c1nc(-c2cccc(C)c2C)n(C)n1. The molecule has 0 N–H and O–H groups in total. The van der Waals surface area contributed by atoms with Crippen molar-refractivity contribution in [3.63, 3.8) is 0 Å². The highest BCUT2D eigenvalue weighted by Gasteiger charge is 2.18. The molecule has 0 unspecified atom stereocenters. The van der Waals surface area contributed by atoms with Crippen LogP contribution >= 0.6 is 0 Å². The molecule has 0 saturated heterocycles. The molecule has 2 rings (SSSR count). The molecule has 5 nitrogen and oxygen atoms in total. The Morgan fingerprint density at radius 2 is 2.11 bits per heavy atom. The van der Waals surface area contributed by atoms with Crippen LogP contribution in [0, 0.1) is 13.8 Å². The molecule has 0 spiro atoms. The van der Waals surface area contributed by atoms with E-state index in [0.29, 0.717) is 12.4 Å². The number of ether oxygens (including phenoxy) is 1. The van der Waals surface area contributed by atoms with E-state index in [4.69, 9.17) is 4.74 Å². The molecule has 0 atom stereocenters. The lowest BCUT2D eigenvalue weighted by molar-refractivity contribution is 0.0512. The quantitative estimate of drug-likeness (QED) is 0.793. The zero-order valence-electron chi connectivity index (χ0n) is 11.6. The van der Waals surface area contributed by atoms with Crippen molar-refractivity contribution in [1.29, 1.82) is 0 Å². The maximum absolute atomic E-state index is 11.6. The molecule has 0 saturated carbocycles. The van der Waals surface area contributed by atoms with Gasteiger partial charge in [0.15, 0.2) is 5.82 Å². The average molecular weight is 259 g/mol. The summed E-state index contributed by atoms with van der Waals surface area (Å²) < 4.78 is 6.51. The van der Waals surface area contributed by atoms with E-state index in [2.05, 4.69) is 10.1 Å². The van der Waals surface area contributed by atoms with Crippen LogP contribution in [0.1, 0.15) is 28.7 Å². The van der Waals surface area contributed by atoms with Gasteiger partial charge in [0.25, 0.3) is 5.82 Å². The minimum absolute atomic E-state index is 0.0975. The van der Waals surface area contributed by atoms with Gasteiger partial charge in [0.2, 0.25) is 0 Å². The monoisotopic (exact) mass is 259 g/mol. The minimum Gasteiger partial charge on any atom is -0.460 e. The lowest BCUT2D eigenvalue weighted by Gasteiger charge is -2.06. The Labute approximate surface area is 112 Å². The third kappa shape index (κ3) is 2.50. The molecule has 1 aromatic heterocycles. The van der Waals surface area contributed by atoms with E-state index in [9.17, 15) is 4.79 Å². The zero-order valence-corrected chi connectivity index (χ0v) is 11.6. The van der Waals surface area contributed by atoms with Crippen LogP contribution in [-0.2, 0) is 11.8 Å². The first-order valence-corrected chi connectivity index (χ1v) is 6.19. The van der Waals surface area contributed by atoms with Crippen LogP contribution in [0.2, 0.25) is 0 Å². The van der Waals surface area contributed by atoms with Crippen molar-refractivity contribution in [2.45, 2.75) is 20.8 Å². The average Bonchev–Trinajstić information content (AvgIpc) is 2.75. The summed E-state index contributed by atoms with van der Waals surface area (Å²) in [6, 6.07) is 5.99. The van der Waals surface area contributed by atoms with E-state index >= 15 is 0 Å². The number of aryl methyl sites for hydroxylation is 2. The van der Waals surface area contributed by atoms with Gasteiger partial charge in [-0.15, -0.1) is 5.10 Å². The van der Waals surface area contributed by atoms with E-state index in [1.165, 1.54) is 5.56 Å². The van der Waals surface area contributed by atoms with Crippen LogP contribution in [0.4, 0.5) is 0 Å². The van der Waals surface area contributed by atoms with Crippen molar-refractivity contribution in [1.82, 2.24) is 14.8 Å². The molecule has 2 aromatic rings. The molecule has 0 aliphatic carbocycles. The number of esters is 1. The molecule has 0 radical (unpaired) electrons. The summed E-state index contributed by atoms with van der Waals surface area (Å²) in [4.78, 5) is 15.9. The lowest BCUT2D eigenvalue weighted by atomic mass is 10.0. The molecule has 0 amide bonds. The van der Waals surface area contributed by atoms with Gasteiger partial charge in [-0.2, -0.15) is 0 Å². The number of aromatic nitrogens is 3. The van der Waals surface area contributed by atoms with Crippen LogP contribution in [0.25, 0.3) is 11.4 Å². The second kappa shape index (κ2) is 5.22. The fourth-order valence-electron chi connectivity index (χ4n) is 1.89. The summed E-state index contributed by atoms with van der Waals surface area (Å²) in [5.74, 6) is 0.277. The first-order chi connectivity index (χ1) is 9.04. The maximum Gasteiger partial charge on any atom is 0.378 e. The van der Waals surface area contributed by atoms with E-state index in [-0.39, 0.29) is 5.82 Å². The second-order valence-corrected chi connectivity index (χ2v) is 4.35. The highest BCUT2D eigenvalue weighted by atomic mass is 16.5. The van der Waals surface area contributed by atoms with Gasteiger partial charge in [-0.1, -0.05) is 18.2 Å². The normalized spacial score (nSPS) is 10.5. The van der Waals surface area contributed by atoms with Gasteiger partial charge in [-0.3, -0.25) is 0 Å². The predicted octanol–water partition coefficient (Wildman–Crippen LogP) is 2.28. The number of carbonyl (C=O) groups excluding carboxylic acids is 1. The minimum atomic E-state index is -0.491. The van der Waals surface area contributed by atoms with Crippen LogP contribution in [-0.4, -0.2) is 27.3 Å². The Morgan fingerprint density at radius 3 is 2.79 bits per heavy atom. The van der Waals surface area contributed by atoms with Crippen LogP contribution < -0.4 is 0 Å². The van der Waals surface area contributed by atoms with Crippen LogP contribution in [0.15, 0.2) is 18.2 Å². The number of hydrogen-bond acceptors (Lipinski definition) is 4. The molecule has 0 fully saturated rings. The molecular formula is C14H17N3O2. The van der Waals surface area contributed by atoms with Gasteiger partial charge in [-0.25, -0.2) is 14.5 Å². The van der Waals surface area contributed by atoms with Gasteiger partial charge in [-0.05, 0) is 31.9 Å². The molecule has 0 bridgehead atoms. The van der Waals surface area contributed by atoms with Crippen molar-refractivity contribution < 1.29 is 9.53 Å². The molecule has 0 aliphatic rings. The lowest BCUT2D eigenvalue weighted by Crippen LogP contribution is -2.07. The summed E-state index contributed by atoms with van der Waals surface area (Å²) in [5.41, 5.74) is 3.29.